The van der Waals surface area contributed by atoms with Crippen LogP contribution in [0.1, 0.15) is 33.1 Å². The van der Waals surface area contributed by atoms with E-state index in [1.165, 1.54) is 19.3 Å². The van der Waals surface area contributed by atoms with Crippen LogP contribution in [0.2, 0.25) is 0 Å². The van der Waals surface area contributed by atoms with Gasteiger partial charge in [-0.1, -0.05) is 0 Å². The third kappa shape index (κ3) is 1.18. The monoisotopic (exact) mass is 167 g/mol. The Morgan fingerprint density at radius 1 is 1.50 bits per heavy atom. The SMILES string of the molecule is CC(=O)CN1C2CCC(C2)[C@H]1C. The molecule has 2 nitrogen and oxygen atoms in total. The molecule has 0 aromatic heterocycles. The van der Waals surface area contributed by atoms with Crippen molar-refractivity contribution in [3.8, 4) is 0 Å². The number of carbonyl (C=O) groups is 1. The first-order chi connectivity index (χ1) is 5.68. The predicted octanol–water partition coefficient (Wildman–Crippen LogP) is 1.45. The van der Waals surface area contributed by atoms with E-state index in [0.29, 0.717) is 18.4 Å². The number of nitrogens with zero attached hydrogens (tertiary/aromatic N) is 1. The van der Waals surface area contributed by atoms with Crippen LogP contribution >= 0.6 is 0 Å². The first-order valence-corrected chi connectivity index (χ1v) is 4.93. The smallest absolute Gasteiger partial charge is 0.143 e. The molecule has 3 atom stereocenters. The van der Waals surface area contributed by atoms with E-state index in [1.807, 2.05) is 0 Å². The molecule has 2 rings (SSSR count). The maximum Gasteiger partial charge on any atom is 0.143 e. The first-order valence-electron chi connectivity index (χ1n) is 4.93. The van der Waals surface area contributed by atoms with E-state index in [-0.39, 0.29) is 0 Å². The molecule has 2 heteroatoms. The summed E-state index contributed by atoms with van der Waals surface area (Å²) >= 11 is 0. The maximum atomic E-state index is 11.0. The minimum Gasteiger partial charge on any atom is -0.299 e. The highest BCUT2D eigenvalue weighted by molar-refractivity contribution is 5.77. The van der Waals surface area contributed by atoms with Crippen LogP contribution in [0.25, 0.3) is 0 Å². The van der Waals surface area contributed by atoms with Gasteiger partial charge in [-0.3, -0.25) is 9.69 Å². The average Bonchev–Trinajstić information content (AvgIpc) is 2.53. The third-order valence-electron chi connectivity index (χ3n) is 3.53. The molecule has 1 aliphatic heterocycles. The highest BCUT2D eigenvalue weighted by Crippen LogP contribution is 2.41. The molecule has 2 aliphatic rings. The van der Waals surface area contributed by atoms with E-state index in [9.17, 15) is 4.79 Å². The van der Waals surface area contributed by atoms with Crippen molar-refractivity contribution in [3.05, 3.63) is 0 Å². The Hall–Kier alpha value is -0.370. The summed E-state index contributed by atoms with van der Waals surface area (Å²) in [6.07, 6.45) is 4.05. The van der Waals surface area contributed by atoms with Gasteiger partial charge in [0.25, 0.3) is 0 Å². The van der Waals surface area contributed by atoms with Gasteiger partial charge in [-0.15, -0.1) is 0 Å². The molecule has 1 saturated heterocycles. The van der Waals surface area contributed by atoms with E-state index in [2.05, 4.69) is 11.8 Å². The zero-order chi connectivity index (χ0) is 8.72. The Kier molecular flexibility index (Phi) is 1.95. The number of hydrogen-bond acceptors (Lipinski definition) is 2. The topological polar surface area (TPSA) is 20.3 Å². The van der Waals surface area contributed by atoms with Gasteiger partial charge in [-0.05, 0) is 39.0 Å². The molecule has 68 valence electrons. The van der Waals surface area contributed by atoms with Gasteiger partial charge in [0.2, 0.25) is 0 Å². The Morgan fingerprint density at radius 3 is 2.75 bits per heavy atom. The van der Waals surface area contributed by atoms with Gasteiger partial charge >= 0.3 is 0 Å². The molecule has 0 aromatic carbocycles. The van der Waals surface area contributed by atoms with Crippen molar-refractivity contribution >= 4 is 5.78 Å². The highest BCUT2D eigenvalue weighted by Gasteiger charge is 2.43. The predicted molar refractivity (Wildman–Crippen MR) is 48.0 cm³/mol. The number of Topliss-reactive ketones (excluding diaryl/α,β-unsaturated/α-hetero) is 1. The van der Waals surface area contributed by atoms with Gasteiger partial charge in [-0.25, -0.2) is 0 Å². The lowest BCUT2D eigenvalue weighted by atomic mass is 10.0. The first kappa shape index (κ1) is 8.24. The molecule has 12 heavy (non-hydrogen) atoms. The van der Waals surface area contributed by atoms with Crippen molar-refractivity contribution in [2.45, 2.75) is 45.2 Å². The Bertz CT molecular complexity index is 200. The number of hydrogen-bond donors (Lipinski definition) is 0. The van der Waals surface area contributed by atoms with Crippen LogP contribution in [-0.4, -0.2) is 29.3 Å². The summed E-state index contributed by atoms with van der Waals surface area (Å²) in [5, 5.41) is 0. The number of likely N-dealkylation sites (tertiary alicyclic amines) is 1. The fraction of sp³-hybridized carbons (Fsp3) is 0.900. The van der Waals surface area contributed by atoms with Gasteiger partial charge in [-0.2, -0.15) is 0 Å². The molecule has 1 aliphatic carbocycles. The van der Waals surface area contributed by atoms with Crippen molar-refractivity contribution < 1.29 is 4.79 Å². The number of rotatable bonds is 2. The summed E-state index contributed by atoms with van der Waals surface area (Å²) in [5.74, 6) is 1.20. The minimum atomic E-state index is 0.314. The molecular formula is C10H17NO. The van der Waals surface area contributed by atoms with Gasteiger partial charge in [0.1, 0.15) is 5.78 Å². The molecule has 0 radical (unpaired) electrons. The van der Waals surface area contributed by atoms with Crippen LogP contribution in [0, 0.1) is 5.92 Å². The van der Waals surface area contributed by atoms with Crippen molar-refractivity contribution in [2.24, 2.45) is 5.92 Å². The second kappa shape index (κ2) is 2.84. The quantitative estimate of drug-likeness (QED) is 0.620. The molecule has 1 heterocycles. The standard InChI is InChI=1S/C10H17NO/c1-7(12)6-11-8(2)9-3-4-10(11)5-9/h8-10H,3-6H2,1-2H3/t8-,9?,10?/m1/s1. The van der Waals surface area contributed by atoms with Crippen molar-refractivity contribution in [1.29, 1.82) is 0 Å². The summed E-state index contributed by atoms with van der Waals surface area (Å²) in [7, 11) is 0. The molecule has 0 N–H and O–H groups in total. The van der Waals surface area contributed by atoms with Crippen LogP contribution < -0.4 is 0 Å². The molecule has 0 amide bonds. The van der Waals surface area contributed by atoms with Crippen molar-refractivity contribution in [1.82, 2.24) is 4.90 Å². The van der Waals surface area contributed by atoms with Gasteiger partial charge in [0.05, 0.1) is 6.54 Å². The lowest BCUT2D eigenvalue weighted by Crippen LogP contribution is -2.41. The van der Waals surface area contributed by atoms with Crippen LogP contribution in [-0.2, 0) is 4.79 Å². The molecule has 2 bridgehead atoms. The second-order valence-corrected chi connectivity index (χ2v) is 4.34. The summed E-state index contributed by atoms with van der Waals surface area (Å²) in [5.41, 5.74) is 0. The summed E-state index contributed by atoms with van der Waals surface area (Å²) in [6, 6.07) is 1.39. The van der Waals surface area contributed by atoms with Crippen LogP contribution in [0.3, 0.4) is 0 Å². The van der Waals surface area contributed by atoms with E-state index in [4.69, 9.17) is 0 Å². The maximum absolute atomic E-state index is 11.0. The summed E-state index contributed by atoms with van der Waals surface area (Å²) in [6.45, 7) is 4.65. The van der Waals surface area contributed by atoms with Crippen molar-refractivity contribution in [2.75, 3.05) is 6.54 Å². The van der Waals surface area contributed by atoms with E-state index < -0.39 is 0 Å². The number of piperidine rings is 1. The summed E-state index contributed by atoms with van der Waals surface area (Å²) in [4.78, 5) is 13.4. The van der Waals surface area contributed by atoms with E-state index in [1.54, 1.807) is 6.92 Å². The molecule has 2 unspecified atom stereocenters. The van der Waals surface area contributed by atoms with Gasteiger partial charge in [0, 0.05) is 12.1 Å². The minimum absolute atomic E-state index is 0.314. The van der Waals surface area contributed by atoms with Crippen LogP contribution in [0.15, 0.2) is 0 Å². The third-order valence-corrected chi connectivity index (χ3v) is 3.53. The molecule has 0 spiro atoms. The lowest BCUT2D eigenvalue weighted by molar-refractivity contribution is -0.119. The Morgan fingerprint density at radius 2 is 2.25 bits per heavy atom. The van der Waals surface area contributed by atoms with Crippen LogP contribution in [0.4, 0.5) is 0 Å². The Balaban J connectivity index is 2.02. The number of fused-ring (bicyclic) bond motifs is 2. The van der Waals surface area contributed by atoms with E-state index >= 15 is 0 Å². The zero-order valence-electron chi connectivity index (χ0n) is 7.92. The number of carbonyl (C=O) groups excluding carboxylic acids is 1. The zero-order valence-corrected chi connectivity index (χ0v) is 7.92. The second-order valence-electron chi connectivity index (χ2n) is 4.34. The highest BCUT2D eigenvalue weighted by atomic mass is 16.1. The lowest BCUT2D eigenvalue weighted by Gasteiger charge is -2.31. The fourth-order valence-electron chi connectivity index (χ4n) is 2.86. The normalized spacial score (nSPS) is 40.7. The van der Waals surface area contributed by atoms with Gasteiger partial charge < -0.3 is 0 Å². The molecular weight excluding hydrogens is 150 g/mol. The molecule has 0 aromatic rings. The molecule has 1 saturated carbocycles. The molecule has 2 fully saturated rings. The van der Waals surface area contributed by atoms with Crippen LogP contribution in [0.5, 0.6) is 0 Å². The van der Waals surface area contributed by atoms with Gasteiger partial charge in [0.15, 0.2) is 0 Å². The van der Waals surface area contributed by atoms with E-state index in [0.717, 1.165) is 12.0 Å². The number of ketones is 1. The average molecular weight is 167 g/mol. The fourth-order valence-corrected chi connectivity index (χ4v) is 2.86. The summed E-state index contributed by atoms with van der Waals surface area (Å²) < 4.78 is 0. The Labute approximate surface area is 73.9 Å². The largest absolute Gasteiger partial charge is 0.299 e. The van der Waals surface area contributed by atoms with Crippen molar-refractivity contribution in [3.63, 3.8) is 0 Å².